The lowest BCUT2D eigenvalue weighted by Gasteiger charge is -2.10. The number of methoxy groups -OCH3 is 1. The van der Waals surface area contributed by atoms with Gasteiger partial charge in [0, 0.05) is 24.5 Å². The first-order chi connectivity index (χ1) is 12.8. The fourth-order valence-electron chi connectivity index (χ4n) is 3.00. The summed E-state index contributed by atoms with van der Waals surface area (Å²) in [6.07, 6.45) is 3.57. The molecule has 2 heterocycles. The van der Waals surface area contributed by atoms with E-state index in [9.17, 15) is 4.79 Å². The van der Waals surface area contributed by atoms with Gasteiger partial charge in [-0.15, -0.1) is 0 Å². The van der Waals surface area contributed by atoms with E-state index in [1.54, 1.807) is 18.3 Å². The number of ether oxygens (including phenoxy) is 1. The molecule has 5 nitrogen and oxygen atoms in total. The van der Waals surface area contributed by atoms with E-state index in [-0.39, 0.29) is 5.97 Å². The maximum Gasteiger partial charge on any atom is 0.337 e. The molecule has 26 heavy (non-hydrogen) atoms. The van der Waals surface area contributed by atoms with Crippen LogP contribution in [0.1, 0.15) is 15.9 Å². The van der Waals surface area contributed by atoms with Crippen LogP contribution in [-0.4, -0.2) is 27.6 Å². The summed E-state index contributed by atoms with van der Waals surface area (Å²) in [5.41, 5.74) is 4.58. The van der Waals surface area contributed by atoms with Crippen molar-refractivity contribution in [3.63, 3.8) is 0 Å². The van der Waals surface area contributed by atoms with E-state index < -0.39 is 0 Å². The Morgan fingerprint density at radius 3 is 2.58 bits per heavy atom. The average molecular weight is 343 g/mol. The number of imidazole rings is 1. The average Bonchev–Trinajstić information content (AvgIpc) is 3.07. The van der Waals surface area contributed by atoms with Crippen molar-refractivity contribution in [1.29, 1.82) is 0 Å². The highest BCUT2D eigenvalue weighted by Crippen LogP contribution is 2.25. The highest BCUT2D eigenvalue weighted by atomic mass is 16.5. The number of carbonyl (C=O) groups excluding carboxylic acids is 1. The standard InChI is InChI=1S/C21H17N3O2/c1-26-21(25)16-10-8-15(9-11-16)14-24-19-7-3-2-6-18(19)23-20(24)17-5-4-12-22-13-17/h2-13H,14H2,1H3. The van der Waals surface area contributed by atoms with Crippen molar-refractivity contribution in [3.8, 4) is 11.4 Å². The Morgan fingerprint density at radius 2 is 1.85 bits per heavy atom. The van der Waals surface area contributed by atoms with E-state index in [0.717, 1.165) is 28.0 Å². The van der Waals surface area contributed by atoms with Crippen LogP contribution in [0.2, 0.25) is 0 Å². The Bertz CT molecular complexity index is 1050. The largest absolute Gasteiger partial charge is 0.465 e. The highest BCUT2D eigenvalue weighted by Gasteiger charge is 2.13. The fourth-order valence-corrected chi connectivity index (χ4v) is 3.00. The van der Waals surface area contributed by atoms with Gasteiger partial charge in [-0.2, -0.15) is 0 Å². The number of carbonyl (C=O) groups is 1. The van der Waals surface area contributed by atoms with Crippen LogP contribution in [0.5, 0.6) is 0 Å². The molecule has 5 heteroatoms. The van der Waals surface area contributed by atoms with Gasteiger partial charge in [0.25, 0.3) is 0 Å². The Morgan fingerprint density at radius 1 is 1.04 bits per heavy atom. The van der Waals surface area contributed by atoms with Gasteiger partial charge in [-0.1, -0.05) is 24.3 Å². The molecule has 0 saturated heterocycles. The van der Waals surface area contributed by atoms with Crippen molar-refractivity contribution in [1.82, 2.24) is 14.5 Å². The molecule has 0 amide bonds. The molecule has 0 atom stereocenters. The zero-order chi connectivity index (χ0) is 17.9. The van der Waals surface area contributed by atoms with Gasteiger partial charge >= 0.3 is 5.97 Å². The van der Waals surface area contributed by atoms with Crippen molar-refractivity contribution in [2.45, 2.75) is 6.54 Å². The zero-order valence-electron chi connectivity index (χ0n) is 14.3. The summed E-state index contributed by atoms with van der Waals surface area (Å²) in [4.78, 5) is 20.6. The van der Waals surface area contributed by atoms with Crippen molar-refractivity contribution < 1.29 is 9.53 Å². The van der Waals surface area contributed by atoms with E-state index >= 15 is 0 Å². The Hall–Kier alpha value is -3.47. The third-order valence-electron chi connectivity index (χ3n) is 4.29. The maximum absolute atomic E-state index is 11.6. The summed E-state index contributed by atoms with van der Waals surface area (Å²) in [5, 5.41) is 0. The first kappa shape index (κ1) is 16.0. The second kappa shape index (κ2) is 6.80. The molecule has 0 aliphatic heterocycles. The van der Waals surface area contributed by atoms with Crippen LogP contribution in [0.4, 0.5) is 0 Å². The van der Waals surface area contributed by atoms with Crippen molar-refractivity contribution in [2.75, 3.05) is 7.11 Å². The first-order valence-corrected chi connectivity index (χ1v) is 8.29. The fraction of sp³-hybridized carbons (Fsp3) is 0.0952. The van der Waals surface area contributed by atoms with Crippen LogP contribution in [0.15, 0.2) is 73.1 Å². The van der Waals surface area contributed by atoms with Crippen molar-refractivity contribution in [3.05, 3.63) is 84.2 Å². The summed E-state index contributed by atoms with van der Waals surface area (Å²) in [7, 11) is 1.38. The molecule has 4 aromatic rings. The van der Waals surface area contributed by atoms with Gasteiger partial charge in [0.2, 0.25) is 0 Å². The van der Waals surface area contributed by atoms with Crippen molar-refractivity contribution in [2.24, 2.45) is 0 Å². The van der Waals surface area contributed by atoms with Gasteiger partial charge in [0.1, 0.15) is 5.82 Å². The van der Waals surface area contributed by atoms with Gasteiger partial charge < -0.3 is 9.30 Å². The van der Waals surface area contributed by atoms with Gasteiger partial charge in [-0.3, -0.25) is 4.98 Å². The highest BCUT2D eigenvalue weighted by molar-refractivity contribution is 5.89. The van der Waals surface area contributed by atoms with Crippen LogP contribution < -0.4 is 0 Å². The number of rotatable bonds is 4. The SMILES string of the molecule is COC(=O)c1ccc(Cn2c(-c3cccnc3)nc3ccccc32)cc1. The molecular weight excluding hydrogens is 326 g/mol. The van der Waals surface area contributed by atoms with Crippen LogP contribution in [-0.2, 0) is 11.3 Å². The summed E-state index contributed by atoms with van der Waals surface area (Å²) in [5.74, 6) is 0.539. The number of para-hydroxylation sites is 2. The van der Waals surface area contributed by atoms with Gasteiger partial charge in [0.15, 0.2) is 0 Å². The number of hydrogen-bond acceptors (Lipinski definition) is 4. The molecule has 0 bridgehead atoms. The molecule has 0 aliphatic rings. The predicted octanol–water partition coefficient (Wildman–Crippen LogP) is 3.93. The van der Waals surface area contributed by atoms with E-state index in [2.05, 4.69) is 15.6 Å². The molecule has 0 radical (unpaired) electrons. The number of benzene rings is 2. The molecule has 0 unspecified atom stereocenters. The summed E-state index contributed by atoms with van der Waals surface area (Å²) >= 11 is 0. The predicted molar refractivity (Wildman–Crippen MR) is 99.8 cm³/mol. The smallest absolute Gasteiger partial charge is 0.337 e. The molecule has 128 valence electrons. The van der Waals surface area contributed by atoms with Gasteiger partial charge in [-0.05, 0) is 42.0 Å². The lowest BCUT2D eigenvalue weighted by Crippen LogP contribution is -2.04. The topological polar surface area (TPSA) is 57.0 Å². The van der Waals surface area contributed by atoms with Crippen LogP contribution in [0, 0.1) is 0 Å². The van der Waals surface area contributed by atoms with E-state index in [1.807, 2.05) is 48.7 Å². The molecule has 2 aromatic heterocycles. The maximum atomic E-state index is 11.6. The molecule has 0 N–H and O–H groups in total. The molecular formula is C21H17N3O2. The number of nitrogens with zero attached hydrogens (tertiary/aromatic N) is 3. The quantitative estimate of drug-likeness (QED) is 0.527. The number of pyridine rings is 1. The molecule has 0 saturated carbocycles. The lowest BCUT2D eigenvalue weighted by atomic mass is 10.1. The summed E-state index contributed by atoms with van der Waals surface area (Å²) < 4.78 is 6.92. The molecule has 0 spiro atoms. The van der Waals surface area contributed by atoms with E-state index in [1.165, 1.54) is 7.11 Å². The third kappa shape index (κ3) is 2.95. The number of hydrogen-bond donors (Lipinski definition) is 0. The van der Waals surface area contributed by atoms with Gasteiger partial charge in [-0.25, -0.2) is 9.78 Å². The van der Waals surface area contributed by atoms with E-state index in [4.69, 9.17) is 9.72 Å². The summed E-state index contributed by atoms with van der Waals surface area (Å²) in [6.45, 7) is 0.645. The Balaban J connectivity index is 1.77. The number of esters is 1. The van der Waals surface area contributed by atoms with Crippen molar-refractivity contribution >= 4 is 17.0 Å². The second-order valence-corrected chi connectivity index (χ2v) is 5.94. The third-order valence-corrected chi connectivity index (χ3v) is 4.29. The number of fused-ring (bicyclic) bond motifs is 1. The molecule has 0 aliphatic carbocycles. The minimum absolute atomic E-state index is 0.333. The van der Waals surface area contributed by atoms with E-state index in [0.29, 0.717) is 12.1 Å². The minimum atomic E-state index is -0.333. The Kier molecular flexibility index (Phi) is 4.19. The number of aromatic nitrogens is 3. The molecule has 4 rings (SSSR count). The first-order valence-electron chi connectivity index (χ1n) is 8.29. The molecule has 2 aromatic carbocycles. The monoisotopic (exact) mass is 343 g/mol. The zero-order valence-corrected chi connectivity index (χ0v) is 14.3. The van der Waals surface area contributed by atoms with Crippen LogP contribution >= 0.6 is 0 Å². The lowest BCUT2D eigenvalue weighted by molar-refractivity contribution is 0.0600. The van der Waals surface area contributed by atoms with Gasteiger partial charge in [0.05, 0.1) is 23.7 Å². The van der Waals surface area contributed by atoms with Crippen LogP contribution in [0.25, 0.3) is 22.4 Å². The van der Waals surface area contributed by atoms with Crippen LogP contribution in [0.3, 0.4) is 0 Å². The normalized spacial score (nSPS) is 10.8. The summed E-state index contributed by atoms with van der Waals surface area (Å²) in [6, 6.07) is 19.4. The Labute approximate surface area is 150 Å². The minimum Gasteiger partial charge on any atom is -0.465 e. The second-order valence-electron chi connectivity index (χ2n) is 5.94. The molecule has 0 fully saturated rings.